The minimum atomic E-state index is 0.150. The molecule has 0 spiro atoms. The topological polar surface area (TPSA) is 53.8 Å². The van der Waals surface area contributed by atoms with Gasteiger partial charge in [-0.1, -0.05) is 30.3 Å². The Morgan fingerprint density at radius 2 is 2.08 bits per heavy atom. The molecular formula is C19H19N3OS. The van der Waals surface area contributed by atoms with Gasteiger partial charge in [0.1, 0.15) is 5.75 Å². The molecule has 0 saturated carbocycles. The second-order valence-corrected chi connectivity index (χ2v) is 6.74. The maximum Gasteiger partial charge on any atom is 0.196 e. The van der Waals surface area contributed by atoms with E-state index in [-0.39, 0.29) is 11.8 Å². The van der Waals surface area contributed by atoms with Crippen molar-refractivity contribution in [2.45, 2.75) is 32.2 Å². The monoisotopic (exact) mass is 337 g/mol. The predicted octanol–water partition coefficient (Wildman–Crippen LogP) is 4.55. The number of hydrogen-bond donors (Lipinski definition) is 2. The lowest BCUT2D eigenvalue weighted by atomic mass is 9.87. The first-order valence-electron chi connectivity index (χ1n) is 8.20. The van der Waals surface area contributed by atoms with Crippen LogP contribution in [0.3, 0.4) is 0 Å². The second-order valence-electron chi connectivity index (χ2n) is 6.35. The summed E-state index contributed by atoms with van der Waals surface area (Å²) in [6.45, 7) is 1.96. The summed E-state index contributed by atoms with van der Waals surface area (Å²) in [5.74, 6) is 0.925. The highest BCUT2D eigenvalue weighted by molar-refractivity contribution is 7.71. The minimum Gasteiger partial charge on any atom is -0.507 e. The smallest absolute Gasteiger partial charge is 0.196 e. The Morgan fingerprint density at radius 1 is 1.25 bits per heavy atom. The molecule has 0 aliphatic heterocycles. The molecular weight excluding hydrogens is 318 g/mol. The average Bonchev–Trinajstić information content (AvgIpc) is 2.95. The summed E-state index contributed by atoms with van der Waals surface area (Å²) < 4.78 is 2.64. The zero-order valence-electron chi connectivity index (χ0n) is 13.5. The summed E-state index contributed by atoms with van der Waals surface area (Å²) in [5, 5.41) is 17.7. The van der Waals surface area contributed by atoms with Crippen molar-refractivity contribution in [3.8, 4) is 17.1 Å². The van der Waals surface area contributed by atoms with Crippen LogP contribution in [0.5, 0.6) is 5.75 Å². The maximum absolute atomic E-state index is 10.4. The molecule has 1 atom stereocenters. The van der Waals surface area contributed by atoms with E-state index in [1.54, 1.807) is 6.07 Å². The molecule has 4 rings (SSSR count). The number of nitrogens with one attached hydrogen (secondary N) is 1. The van der Waals surface area contributed by atoms with Crippen LogP contribution < -0.4 is 0 Å². The standard InChI is InChI=1S/C19H19N3OS/c1-12-9-10-15(17(23)11-12)18-20-21-19(24)22(18)16-8-4-6-13-5-2-3-7-14(13)16/h2-3,5,7,9-11,16,23H,4,6,8H2,1H3,(H,21,24). The highest BCUT2D eigenvalue weighted by Crippen LogP contribution is 2.37. The lowest BCUT2D eigenvalue weighted by Gasteiger charge is -2.27. The van der Waals surface area contributed by atoms with E-state index in [4.69, 9.17) is 12.2 Å². The molecule has 1 heterocycles. The molecule has 0 fully saturated rings. The van der Waals surface area contributed by atoms with Crippen molar-refractivity contribution in [2.75, 3.05) is 0 Å². The molecule has 0 radical (unpaired) electrons. The molecule has 0 saturated heterocycles. The third-order valence-electron chi connectivity index (χ3n) is 4.75. The summed E-state index contributed by atoms with van der Waals surface area (Å²) in [6.07, 6.45) is 3.24. The van der Waals surface area contributed by atoms with Gasteiger partial charge in [-0.25, -0.2) is 0 Å². The number of rotatable bonds is 2. The number of benzene rings is 2. The number of fused-ring (bicyclic) bond motifs is 1. The van der Waals surface area contributed by atoms with Gasteiger partial charge < -0.3 is 5.11 Å². The van der Waals surface area contributed by atoms with Crippen LogP contribution in [-0.4, -0.2) is 19.9 Å². The Bertz CT molecular complexity index is 957. The Kier molecular flexibility index (Phi) is 3.73. The molecule has 2 aromatic carbocycles. The lowest BCUT2D eigenvalue weighted by molar-refractivity contribution is 0.470. The van der Waals surface area contributed by atoms with Crippen molar-refractivity contribution in [1.29, 1.82) is 0 Å². The summed E-state index contributed by atoms with van der Waals surface area (Å²) >= 11 is 5.52. The summed E-state index contributed by atoms with van der Waals surface area (Å²) in [4.78, 5) is 0. The minimum absolute atomic E-state index is 0.150. The first-order valence-corrected chi connectivity index (χ1v) is 8.60. The van der Waals surface area contributed by atoms with Crippen molar-refractivity contribution in [3.63, 3.8) is 0 Å². The Hall–Kier alpha value is -2.40. The quantitative estimate of drug-likeness (QED) is 0.675. The fourth-order valence-corrected chi connectivity index (χ4v) is 3.87. The van der Waals surface area contributed by atoms with Crippen molar-refractivity contribution in [2.24, 2.45) is 0 Å². The van der Waals surface area contributed by atoms with Crippen LogP contribution in [-0.2, 0) is 6.42 Å². The lowest BCUT2D eigenvalue weighted by Crippen LogP contribution is -2.18. The summed E-state index contributed by atoms with van der Waals surface area (Å²) in [5.41, 5.74) is 4.39. The zero-order valence-corrected chi connectivity index (χ0v) is 14.3. The molecule has 24 heavy (non-hydrogen) atoms. The van der Waals surface area contributed by atoms with Crippen LogP contribution in [0.15, 0.2) is 42.5 Å². The molecule has 0 amide bonds. The average molecular weight is 337 g/mol. The Balaban J connectivity index is 1.89. The number of aromatic nitrogens is 3. The van der Waals surface area contributed by atoms with Gasteiger partial charge in [0.05, 0.1) is 11.6 Å². The summed E-state index contributed by atoms with van der Waals surface area (Å²) in [7, 11) is 0. The van der Waals surface area contributed by atoms with Crippen molar-refractivity contribution < 1.29 is 5.11 Å². The molecule has 4 nitrogen and oxygen atoms in total. The van der Waals surface area contributed by atoms with Crippen LogP contribution in [0.4, 0.5) is 0 Å². The van der Waals surface area contributed by atoms with Gasteiger partial charge in [-0.05, 0) is 67.2 Å². The molecule has 1 aromatic heterocycles. The van der Waals surface area contributed by atoms with Gasteiger partial charge in [0.25, 0.3) is 0 Å². The van der Waals surface area contributed by atoms with Crippen LogP contribution in [0, 0.1) is 11.7 Å². The van der Waals surface area contributed by atoms with E-state index in [1.807, 2.05) is 19.1 Å². The van der Waals surface area contributed by atoms with E-state index < -0.39 is 0 Å². The number of H-pyrrole nitrogens is 1. The SMILES string of the molecule is Cc1ccc(-c2n[nH]c(=S)n2C2CCCc3ccccc32)c(O)c1. The second kappa shape index (κ2) is 5.91. The van der Waals surface area contributed by atoms with E-state index in [0.29, 0.717) is 16.2 Å². The van der Waals surface area contributed by atoms with Gasteiger partial charge in [-0.2, -0.15) is 5.10 Å². The highest BCUT2D eigenvalue weighted by Gasteiger charge is 2.25. The number of aromatic hydroxyl groups is 1. The molecule has 2 N–H and O–H groups in total. The largest absolute Gasteiger partial charge is 0.507 e. The van der Waals surface area contributed by atoms with E-state index in [2.05, 4.69) is 39.0 Å². The van der Waals surface area contributed by atoms with Crippen molar-refractivity contribution in [1.82, 2.24) is 14.8 Å². The number of hydrogen-bond acceptors (Lipinski definition) is 3. The molecule has 1 aliphatic carbocycles. The van der Waals surface area contributed by atoms with Crippen molar-refractivity contribution in [3.05, 3.63) is 63.9 Å². The molecule has 122 valence electrons. The Labute approximate surface area is 145 Å². The first-order chi connectivity index (χ1) is 11.6. The number of phenols is 1. The number of nitrogens with zero attached hydrogens (tertiary/aromatic N) is 2. The van der Waals surface area contributed by atoms with Crippen LogP contribution in [0.25, 0.3) is 11.4 Å². The van der Waals surface area contributed by atoms with Crippen molar-refractivity contribution >= 4 is 12.2 Å². The third-order valence-corrected chi connectivity index (χ3v) is 5.04. The van der Waals surface area contributed by atoms with Gasteiger partial charge in [0.15, 0.2) is 10.6 Å². The van der Waals surface area contributed by atoms with Gasteiger partial charge in [-0.3, -0.25) is 9.67 Å². The first kappa shape index (κ1) is 15.1. The van der Waals surface area contributed by atoms with Gasteiger partial charge in [0, 0.05) is 0 Å². The summed E-state index contributed by atoms with van der Waals surface area (Å²) in [6, 6.07) is 14.3. The number of aromatic amines is 1. The Morgan fingerprint density at radius 3 is 2.92 bits per heavy atom. The number of phenolic OH excluding ortho intramolecular Hbond substituents is 1. The molecule has 1 aliphatic rings. The highest BCUT2D eigenvalue weighted by atomic mass is 32.1. The number of aryl methyl sites for hydroxylation is 2. The van der Waals surface area contributed by atoms with Crippen LogP contribution in [0.2, 0.25) is 0 Å². The van der Waals surface area contributed by atoms with E-state index in [1.165, 1.54) is 11.1 Å². The molecule has 0 bridgehead atoms. The van der Waals surface area contributed by atoms with Gasteiger partial charge in [-0.15, -0.1) is 0 Å². The molecule has 1 unspecified atom stereocenters. The fraction of sp³-hybridized carbons (Fsp3) is 0.263. The van der Waals surface area contributed by atoms with Crippen LogP contribution in [0.1, 0.15) is 35.6 Å². The maximum atomic E-state index is 10.4. The van der Waals surface area contributed by atoms with Gasteiger partial charge >= 0.3 is 0 Å². The van der Waals surface area contributed by atoms with Gasteiger partial charge in [0.2, 0.25) is 0 Å². The van der Waals surface area contributed by atoms with E-state index >= 15 is 0 Å². The van der Waals surface area contributed by atoms with E-state index in [0.717, 1.165) is 24.8 Å². The predicted molar refractivity (Wildman–Crippen MR) is 96.8 cm³/mol. The third kappa shape index (κ3) is 2.45. The van der Waals surface area contributed by atoms with E-state index in [9.17, 15) is 5.11 Å². The molecule has 3 aromatic rings. The molecule has 5 heteroatoms. The fourth-order valence-electron chi connectivity index (χ4n) is 3.61. The zero-order chi connectivity index (χ0) is 16.7. The van der Waals surface area contributed by atoms with Crippen LogP contribution >= 0.6 is 12.2 Å². The normalized spacial score (nSPS) is 16.8.